The Morgan fingerprint density at radius 3 is 2.71 bits per heavy atom. The highest BCUT2D eigenvalue weighted by atomic mass is 15.2. The largest absolute Gasteiger partial charge is 0.350 e. The summed E-state index contributed by atoms with van der Waals surface area (Å²) in [6.45, 7) is 0.580. The number of hydrogen-bond acceptors (Lipinski definition) is 5. The van der Waals surface area contributed by atoms with Crippen LogP contribution in [0.15, 0.2) is 24.8 Å². The second-order valence-electron chi connectivity index (χ2n) is 3.65. The molecule has 0 radical (unpaired) electrons. The Bertz CT molecular complexity index is 553. The van der Waals surface area contributed by atoms with Gasteiger partial charge in [-0.3, -0.25) is 0 Å². The summed E-state index contributed by atoms with van der Waals surface area (Å²) in [5.41, 5.74) is 0.323. The zero-order valence-corrected chi connectivity index (χ0v) is 9.70. The van der Waals surface area contributed by atoms with Gasteiger partial charge in [0.1, 0.15) is 11.9 Å². The molecule has 0 saturated carbocycles. The molecule has 0 aliphatic heterocycles. The van der Waals surface area contributed by atoms with Crippen molar-refractivity contribution >= 4 is 5.82 Å². The Kier molecular flexibility index (Phi) is 3.01. The van der Waals surface area contributed by atoms with Crippen LogP contribution < -0.4 is 4.90 Å². The molecule has 0 spiro atoms. The van der Waals surface area contributed by atoms with Gasteiger partial charge in [0.15, 0.2) is 11.5 Å². The third-order valence-corrected chi connectivity index (χ3v) is 2.45. The molecule has 2 rings (SSSR count). The maximum atomic E-state index is 8.95. The van der Waals surface area contributed by atoms with E-state index in [2.05, 4.69) is 15.0 Å². The van der Waals surface area contributed by atoms with E-state index >= 15 is 0 Å². The molecule has 17 heavy (non-hydrogen) atoms. The smallest absolute Gasteiger partial charge is 0.183 e. The molecule has 0 aromatic carbocycles. The van der Waals surface area contributed by atoms with Crippen molar-refractivity contribution in [2.45, 2.75) is 6.54 Å². The van der Waals surface area contributed by atoms with Crippen LogP contribution in [0, 0.1) is 11.3 Å². The number of nitriles is 1. The van der Waals surface area contributed by atoms with Gasteiger partial charge in [-0.25, -0.2) is 15.0 Å². The summed E-state index contributed by atoms with van der Waals surface area (Å²) in [7, 11) is 3.79. The predicted octanol–water partition coefficient (Wildman–Crippen LogP) is 0.718. The summed E-state index contributed by atoms with van der Waals surface area (Å²) >= 11 is 0. The van der Waals surface area contributed by atoms with E-state index in [1.807, 2.05) is 35.8 Å². The van der Waals surface area contributed by atoms with Crippen molar-refractivity contribution in [3.8, 4) is 6.07 Å². The standard InChI is InChI=1S/C11H12N6/c1-16-6-5-14-10(16)8-17(2)11-9(7-12)13-3-4-15-11/h3-6H,8H2,1-2H3. The van der Waals surface area contributed by atoms with Crippen LogP contribution in [0.3, 0.4) is 0 Å². The van der Waals surface area contributed by atoms with E-state index in [4.69, 9.17) is 5.26 Å². The fraction of sp³-hybridized carbons (Fsp3) is 0.273. The molecular formula is C11H12N6. The van der Waals surface area contributed by atoms with E-state index in [1.165, 1.54) is 6.20 Å². The minimum Gasteiger partial charge on any atom is -0.350 e. The van der Waals surface area contributed by atoms with Crippen LogP contribution in [-0.4, -0.2) is 26.6 Å². The molecule has 2 aromatic rings. The second-order valence-corrected chi connectivity index (χ2v) is 3.65. The van der Waals surface area contributed by atoms with Crippen molar-refractivity contribution in [2.75, 3.05) is 11.9 Å². The van der Waals surface area contributed by atoms with Gasteiger partial charge in [0.25, 0.3) is 0 Å². The van der Waals surface area contributed by atoms with Gasteiger partial charge in [0, 0.05) is 38.9 Å². The maximum absolute atomic E-state index is 8.95. The summed E-state index contributed by atoms with van der Waals surface area (Å²) in [6.07, 6.45) is 6.71. The first-order chi connectivity index (χ1) is 8.22. The quantitative estimate of drug-likeness (QED) is 0.774. The Morgan fingerprint density at radius 2 is 2.06 bits per heavy atom. The molecule has 0 bridgehead atoms. The van der Waals surface area contributed by atoms with Crippen molar-refractivity contribution in [3.05, 3.63) is 36.3 Å². The molecule has 6 heteroatoms. The monoisotopic (exact) mass is 228 g/mol. The summed E-state index contributed by atoms with van der Waals surface area (Å²) in [5.74, 6) is 1.47. The van der Waals surface area contributed by atoms with E-state index in [0.717, 1.165) is 5.82 Å². The highest BCUT2D eigenvalue weighted by Crippen LogP contribution is 2.14. The summed E-state index contributed by atoms with van der Waals surface area (Å²) in [6, 6.07) is 2.03. The van der Waals surface area contributed by atoms with Crippen molar-refractivity contribution in [2.24, 2.45) is 7.05 Å². The lowest BCUT2D eigenvalue weighted by atomic mass is 10.4. The van der Waals surface area contributed by atoms with Gasteiger partial charge in [-0.1, -0.05) is 0 Å². The van der Waals surface area contributed by atoms with Gasteiger partial charge < -0.3 is 9.47 Å². The number of nitrogens with zero attached hydrogens (tertiary/aromatic N) is 6. The molecule has 0 fully saturated rings. The van der Waals surface area contributed by atoms with E-state index < -0.39 is 0 Å². The van der Waals surface area contributed by atoms with Crippen LogP contribution in [0.5, 0.6) is 0 Å². The number of aromatic nitrogens is 4. The van der Waals surface area contributed by atoms with Gasteiger partial charge in [-0.2, -0.15) is 5.26 Å². The summed E-state index contributed by atoms with van der Waals surface area (Å²) in [4.78, 5) is 14.2. The summed E-state index contributed by atoms with van der Waals surface area (Å²) < 4.78 is 1.93. The lowest BCUT2D eigenvalue weighted by Crippen LogP contribution is -2.21. The first-order valence-corrected chi connectivity index (χ1v) is 5.11. The Labute approximate surface area is 99.2 Å². The van der Waals surface area contributed by atoms with E-state index in [1.54, 1.807) is 12.4 Å². The topological polar surface area (TPSA) is 70.6 Å². The number of aryl methyl sites for hydroxylation is 1. The minimum absolute atomic E-state index is 0.323. The van der Waals surface area contributed by atoms with Crippen LogP contribution in [0.2, 0.25) is 0 Å². The zero-order valence-electron chi connectivity index (χ0n) is 9.70. The third kappa shape index (κ3) is 2.23. The van der Waals surface area contributed by atoms with Crippen LogP contribution in [0.4, 0.5) is 5.82 Å². The normalized spacial score (nSPS) is 9.94. The Balaban J connectivity index is 2.24. The average Bonchev–Trinajstić information content (AvgIpc) is 2.75. The van der Waals surface area contributed by atoms with Crippen LogP contribution >= 0.6 is 0 Å². The fourth-order valence-electron chi connectivity index (χ4n) is 1.52. The average molecular weight is 228 g/mol. The van der Waals surface area contributed by atoms with Gasteiger partial charge in [0.05, 0.1) is 6.54 Å². The number of imidazole rings is 1. The Morgan fingerprint density at radius 1 is 1.29 bits per heavy atom. The van der Waals surface area contributed by atoms with Crippen molar-refractivity contribution in [3.63, 3.8) is 0 Å². The molecule has 0 atom stereocenters. The van der Waals surface area contributed by atoms with E-state index in [0.29, 0.717) is 18.1 Å². The maximum Gasteiger partial charge on any atom is 0.183 e. The minimum atomic E-state index is 0.323. The molecule has 2 aromatic heterocycles. The van der Waals surface area contributed by atoms with Crippen molar-refractivity contribution < 1.29 is 0 Å². The van der Waals surface area contributed by atoms with Gasteiger partial charge in [-0.05, 0) is 0 Å². The van der Waals surface area contributed by atoms with Crippen LogP contribution in [0.1, 0.15) is 11.5 Å². The van der Waals surface area contributed by atoms with Crippen LogP contribution in [0.25, 0.3) is 0 Å². The van der Waals surface area contributed by atoms with E-state index in [9.17, 15) is 0 Å². The molecule has 0 saturated heterocycles. The van der Waals surface area contributed by atoms with Crippen molar-refractivity contribution in [1.82, 2.24) is 19.5 Å². The second kappa shape index (κ2) is 4.61. The zero-order chi connectivity index (χ0) is 12.3. The molecule has 2 heterocycles. The van der Waals surface area contributed by atoms with Gasteiger partial charge in [0.2, 0.25) is 0 Å². The molecule has 0 aliphatic carbocycles. The lowest BCUT2D eigenvalue weighted by Gasteiger charge is -2.17. The molecule has 0 amide bonds. The van der Waals surface area contributed by atoms with Gasteiger partial charge >= 0.3 is 0 Å². The Hall–Kier alpha value is -2.42. The lowest BCUT2D eigenvalue weighted by molar-refractivity contribution is 0.753. The van der Waals surface area contributed by atoms with E-state index in [-0.39, 0.29) is 0 Å². The molecular weight excluding hydrogens is 216 g/mol. The van der Waals surface area contributed by atoms with Crippen molar-refractivity contribution in [1.29, 1.82) is 5.26 Å². The highest BCUT2D eigenvalue weighted by Gasteiger charge is 2.11. The first kappa shape index (κ1) is 11.1. The number of rotatable bonds is 3. The highest BCUT2D eigenvalue weighted by molar-refractivity contribution is 5.48. The molecule has 86 valence electrons. The molecule has 0 aliphatic rings. The SMILES string of the molecule is CN(Cc1nccn1C)c1nccnc1C#N. The molecule has 0 unspecified atom stereocenters. The number of hydrogen-bond donors (Lipinski definition) is 0. The number of anilines is 1. The van der Waals surface area contributed by atoms with Gasteiger partial charge in [-0.15, -0.1) is 0 Å². The fourth-order valence-corrected chi connectivity index (χ4v) is 1.52. The third-order valence-electron chi connectivity index (χ3n) is 2.45. The van der Waals surface area contributed by atoms with Crippen LogP contribution in [-0.2, 0) is 13.6 Å². The first-order valence-electron chi connectivity index (χ1n) is 5.11. The summed E-state index contributed by atoms with van der Waals surface area (Å²) in [5, 5.41) is 8.95. The molecule has 6 nitrogen and oxygen atoms in total. The molecule has 0 N–H and O–H groups in total. The predicted molar refractivity (Wildman–Crippen MR) is 62.1 cm³/mol.